The van der Waals surface area contributed by atoms with Gasteiger partial charge in [0, 0.05) is 37.3 Å². The zero-order valence-corrected chi connectivity index (χ0v) is 16.9. The number of halogens is 2. The zero-order valence-electron chi connectivity index (χ0n) is 15.3. The van der Waals surface area contributed by atoms with Crippen LogP contribution < -0.4 is 0 Å². The fraction of sp³-hybridized carbons (Fsp3) is 0.250. The van der Waals surface area contributed by atoms with E-state index < -0.39 is 10.0 Å². The second-order valence-corrected chi connectivity index (χ2v) is 8.89. The maximum Gasteiger partial charge on any atom is 0.246 e. The third-order valence-electron chi connectivity index (χ3n) is 4.64. The summed E-state index contributed by atoms with van der Waals surface area (Å²) in [4.78, 5) is 14.3. The molecule has 2 aromatic rings. The second kappa shape index (κ2) is 8.43. The first-order valence-electron chi connectivity index (χ1n) is 8.76. The van der Waals surface area contributed by atoms with Gasteiger partial charge in [-0.15, -0.1) is 0 Å². The molecule has 0 aromatic heterocycles. The Balaban J connectivity index is 1.64. The number of hydrogen-bond acceptors (Lipinski definition) is 3. The normalized spacial score (nSPS) is 16.2. The van der Waals surface area contributed by atoms with E-state index in [-0.39, 0.29) is 29.7 Å². The summed E-state index contributed by atoms with van der Waals surface area (Å²) < 4.78 is 39.8. The number of rotatable bonds is 4. The fourth-order valence-electron chi connectivity index (χ4n) is 2.98. The average Bonchev–Trinajstić information content (AvgIpc) is 2.69. The Bertz CT molecular complexity index is 981. The molecule has 8 heteroatoms. The Kier molecular flexibility index (Phi) is 6.17. The first-order chi connectivity index (χ1) is 13.3. The van der Waals surface area contributed by atoms with Gasteiger partial charge in [0.2, 0.25) is 15.9 Å². The lowest BCUT2D eigenvalue weighted by molar-refractivity contribution is -0.127. The predicted octanol–water partition coefficient (Wildman–Crippen LogP) is 3.42. The van der Waals surface area contributed by atoms with Gasteiger partial charge in [-0.2, -0.15) is 4.31 Å². The molecular weight excluding hydrogens is 403 g/mol. The van der Waals surface area contributed by atoms with Crippen molar-refractivity contribution in [3.05, 3.63) is 71.0 Å². The minimum absolute atomic E-state index is 0.184. The Hall–Kier alpha value is -2.22. The van der Waals surface area contributed by atoms with E-state index in [9.17, 15) is 17.6 Å². The lowest BCUT2D eigenvalue weighted by Crippen LogP contribution is -2.50. The first kappa shape index (κ1) is 20.5. The molecule has 28 heavy (non-hydrogen) atoms. The third-order valence-corrected chi connectivity index (χ3v) is 6.81. The number of allylic oxidation sites excluding steroid dienone is 1. The molecule has 1 heterocycles. The minimum atomic E-state index is -3.61. The van der Waals surface area contributed by atoms with Crippen molar-refractivity contribution in [3.8, 4) is 0 Å². The predicted molar refractivity (Wildman–Crippen MR) is 107 cm³/mol. The van der Waals surface area contributed by atoms with Crippen LogP contribution in [0.5, 0.6) is 0 Å². The molecule has 5 nitrogen and oxygen atoms in total. The van der Waals surface area contributed by atoms with E-state index in [2.05, 4.69) is 0 Å². The number of carbonyl (C=O) groups excluding carboxylic acids is 1. The Morgan fingerprint density at radius 3 is 2.14 bits per heavy atom. The summed E-state index contributed by atoms with van der Waals surface area (Å²) in [7, 11) is -3.61. The summed E-state index contributed by atoms with van der Waals surface area (Å²) in [5, 5.41) is 0.470. The van der Waals surface area contributed by atoms with Crippen molar-refractivity contribution in [1.29, 1.82) is 0 Å². The van der Waals surface area contributed by atoms with Crippen molar-refractivity contribution < 1.29 is 17.6 Å². The molecule has 148 valence electrons. The van der Waals surface area contributed by atoms with Crippen LogP contribution in [0.25, 0.3) is 5.57 Å². The van der Waals surface area contributed by atoms with Crippen LogP contribution in [0.4, 0.5) is 4.39 Å². The largest absolute Gasteiger partial charge is 0.337 e. The molecule has 0 unspecified atom stereocenters. The van der Waals surface area contributed by atoms with Crippen molar-refractivity contribution in [2.45, 2.75) is 11.8 Å². The topological polar surface area (TPSA) is 57.7 Å². The number of amides is 1. The van der Waals surface area contributed by atoms with Gasteiger partial charge in [0.15, 0.2) is 0 Å². The van der Waals surface area contributed by atoms with Crippen molar-refractivity contribution in [2.75, 3.05) is 26.2 Å². The quantitative estimate of drug-likeness (QED) is 0.709. The molecule has 0 bridgehead atoms. The number of piperazine rings is 1. The van der Waals surface area contributed by atoms with Gasteiger partial charge in [-0.3, -0.25) is 4.79 Å². The molecular formula is C20H20ClFN2O3S. The Morgan fingerprint density at radius 1 is 1.00 bits per heavy atom. The van der Waals surface area contributed by atoms with Gasteiger partial charge in [0.05, 0.1) is 4.90 Å². The van der Waals surface area contributed by atoms with E-state index in [1.807, 2.05) is 0 Å². The van der Waals surface area contributed by atoms with Crippen molar-refractivity contribution >= 4 is 33.1 Å². The maximum atomic E-state index is 13.0. The highest BCUT2D eigenvalue weighted by atomic mass is 35.5. The van der Waals surface area contributed by atoms with Gasteiger partial charge in [-0.1, -0.05) is 23.7 Å². The highest BCUT2D eigenvalue weighted by Gasteiger charge is 2.29. The van der Waals surface area contributed by atoms with Crippen molar-refractivity contribution in [3.63, 3.8) is 0 Å². The zero-order chi connectivity index (χ0) is 20.3. The van der Waals surface area contributed by atoms with E-state index in [1.54, 1.807) is 24.0 Å². The molecule has 0 aliphatic carbocycles. The summed E-state index contributed by atoms with van der Waals surface area (Å²) in [5.41, 5.74) is 1.49. The van der Waals surface area contributed by atoms with Gasteiger partial charge < -0.3 is 4.90 Å². The SMILES string of the molecule is C/C(=C/C(=O)N1CCN(S(=O)(=O)c2ccc(Cl)cc2)CC1)c1ccc(F)cc1. The van der Waals surface area contributed by atoms with Crippen LogP contribution in [-0.2, 0) is 14.8 Å². The van der Waals surface area contributed by atoms with Crippen molar-refractivity contribution in [1.82, 2.24) is 9.21 Å². The smallest absolute Gasteiger partial charge is 0.246 e. The maximum absolute atomic E-state index is 13.0. The molecule has 1 fully saturated rings. The van der Waals surface area contributed by atoms with E-state index in [0.29, 0.717) is 18.1 Å². The van der Waals surface area contributed by atoms with Crippen LogP contribution >= 0.6 is 11.6 Å². The fourth-order valence-corrected chi connectivity index (χ4v) is 4.53. The van der Waals surface area contributed by atoms with Gasteiger partial charge in [0.25, 0.3) is 0 Å². The summed E-state index contributed by atoms with van der Waals surface area (Å²) in [5.74, 6) is -0.522. The monoisotopic (exact) mass is 422 g/mol. The minimum Gasteiger partial charge on any atom is -0.337 e. The van der Waals surface area contributed by atoms with Crippen LogP contribution in [0.15, 0.2) is 59.5 Å². The summed E-state index contributed by atoms with van der Waals surface area (Å²) in [6.45, 7) is 2.84. The molecule has 2 aromatic carbocycles. The summed E-state index contributed by atoms with van der Waals surface area (Å²) in [6, 6.07) is 12.0. The standard InChI is InChI=1S/C20H20ClFN2O3S/c1-15(16-2-6-18(22)7-3-16)14-20(25)23-10-12-24(13-11-23)28(26,27)19-8-4-17(21)5-9-19/h2-9,14H,10-13H2,1H3/b15-14-. The molecule has 1 saturated heterocycles. The average molecular weight is 423 g/mol. The third kappa shape index (κ3) is 4.60. The number of hydrogen-bond donors (Lipinski definition) is 0. The molecule has 3 rings (SSSR count). The highest BCUT2D eigenvalue weighted by Crippen LogP contribution is 2.20. The number of nitrogens with zero attached hydrogens (tertiary/aromatic N) is 2. The molecule has 1 aliphatic heterocycles. The van der Waals surface area contributed by atoms with Crippen LogP contribution in [0.2, 0.25) is 5.02 Å². The second-order valence-electron chi connectivity index (χ2n) is 6.52. The summed E-state index contributed by atoms with van der Waals surface area (Å²) in [6.07, 6.45) is 1.50. The molecule has 0 saturated carbocycles. The molecule has 0 N–H and O–H groups in total. The van der Waals surface area contributed by atoms with Gasteiger partial charge >= 0.3 is 0 Å². The van der Waals surface area contributed by atoms with E-state index in [4.69, 9.17) is 11.6 Å². The van der Waals surface area contributed by atoms with Gasteiger partial charge in [-0.25, -0.2) is 12.8 Å². The van der Waals surface area contributed by atoms with Gasteiger partial charge in [-0.05, 0) is 54.5 Å². The lowest BCUT2D eigenvalue weighted by atomic mass is 10.1. The lowest BCUT2D eigenvalue weighted by Gasteiger charge is -2.33. The number of benzene rings is 2. The summed E-state index contributed by atoms with van der Waals surface area (Å²) >= 11 is 5.82. The molecule has 1 aliphatic rings. The van der Waals surface area contributed by atoms with E-state index in [1.165, 1.54) is 46.8 Å². The van der Waals surface area contributed by atoms with Crippen LogP contribution in [0, 0.1) is 5.82 Å². The number of carbonyl (C=O) groups is 1. The van der Waals surface area contributed by atoms with Gasteiger partial charge in [0.1, 0.15) is 5.82 Å². The van der Waals surface area contributed by atoms with E-state index in [0.717, 1.165) is 11.1 Å². The highest BCUT2D eigenvalue weighted by molar-refractivity contribution is 7.89. The molecule has 1 amide bonds. The van der Waals surface area contributed by atoms with Crippen molar-refractivity contribution in [2.24, 2.45) is 0 Å². The Labute approximate surface area is 169 Å². The Morgan fingerprint density at radius 2 is 1.57 bits per heavy atom. The van der Waals surface area contributed by atoms with Crippen LogP contribution in [0.1, 0.15) is 12.5 Å². The van der Waals surface area contributed by atoms with E-state index >= 15 is 0 Å². The molecule has 0 spiro atoms. The van der Waals surface area contributed by atoms with Crippen LogP contribution in [-0.4, -0.2) is 49.7 Å². The first-order valence-corrected chi connectivity index (χ1v) is 10.6. The molecule has 0 radical (unpaired) electrons. The van der Waals surface area contributed by atoms with Crippen LogP contribution in [0.3, 0.4) is 0 Å². The molecule has 0 atom stereocenters. The number of sulfonamides is 1.